The molecule has 0 unspecified atom stereocenters. The first-order valence-corrected chi connectivity index (χ1v) is 11.3. The van der Waals surface area contributed by atoms with E-state index in [0.717, 1.165) is 17.9 Å². The molecule has 0 bridgehead atoms. The van der Waals surface area contributed by atoms with Gasteiger partial charge in [0.05, 0.1) is 0 Å². The summed E-state index contributed by atoms with van der Waals surface area (Å²) < 4.78 is 0. The van der Waals surface area contributed by atoms with E-state index in [9.17, 15) is 0 Å². The van der Waals surface area contributed by atoms with Crippen LogP contribution in [0.4, 0.5) is 0 Å². The summed E-state index contributed by atoms with van der Waals surface area (Å²) in [5.41, 5.74) is 1.46. The molecule has 2 heterocycles. The monoisotopic (exact) mass is 363 g/mol. The second kappa shape index (κ2) is 11.5. The van der Waals surface area contributed by atoms with E-state index in [-0.39, 0.29) is 0 Å². The Morgan fingerprint density at radius 3 is 2.31 bits per heavy atom. The lowest BCUT2D eigenvalue weighted by Crippen LogP contribution is -2.48. The van der Waals surface area contributed by atoms with Gasteiger partial charge in [-0.3, -0.25) is 0 Å². The first-order valence-electron chi connectivity index (χ1n) is 11.3. The summed E-state index contributed by atoms with van der Waals surface area (Å²) in [6, 6.07) is 0.865. The molecule has 152 valence electrons. The number of hydrogen-bond donors (Lipinski definition) is 0. The van der Waals surface area contributed by atoms with Gasteiger partial charge in [-0.05, 0) is 104 Å². The third-order valence-electron chi connectivity index (χ3n) is 6.60. The van der Waals surface area contributed by atoms with Gasteiger partial charge in [0, 0.05) is 19.1 Å². The quantitative estimate of drug-likeness (QED) is 0.559. The van der Waals surface area contributed by atoms with E-state index in [0.29, 0.717) is 0 Å². The first kappa shape index (κ1) is 21.9. The summed E-state index contributed by atoms with van der Waals surface area (Å²) in [6.07, 6.45) is 10.6. The van der Waals surface area contributed by atoms with Crippen LogP contribution in [0.15, 0.2) is 11.6 Å². The maximum Gasteiger partial charge on any atom is 0.0120 e. The predicted molar refractivity (Wildman–Crippen MR) is 115 cm³/mol. The van der Waals surface area contributed by atoms with Crippen LogP contribution in [0.1, 0.15) is 66.2 Å². The van der Waals surface area contributed by atoms with Crippen LogP contribution in [0.25, 0.3) is 0 Å². The number of allylic oxidation sites excluding steroid dienone is 2. The molecule has 3 heteroatoms. The molecule has 0 aromatic heterocycles. The van der Waals surface area contributed by atoms with Crippen molar-refractivity contribution < 1.29 is 0 Å². The van der Waals surface area contributed by atoms with Crippen molar-refractivity contribution in [3.05, 3.63) is 11.6 Å². The lowest BCUT2D eigenvalue weighted by molar-refractivity contribution is 0.0736. The highest BCUT2D eigenvalue weighted by Crippen LogP contribution is 2.24. The summed E-state index contributed by atoms with van der Waals surface area (Å²) in [4.78, 5) is 8.02. The van der Waals surface area contributed by atoms with E-state index in [2.05, 4.69) is 55.5 Å². The van der Waals surface area contributed by atoms with Gasteiger partial charge in [0.2, 0.25) is 0 Å². The van der Waals surface area contributed by atoms with Gasteiger partial charge in [0.1, 0.15) is 0 Å². The van der Waals surface area contributed by atoms with Crippen molar-refractivity contribution in [2.45, 2.75) is 72.3 Å². The highest BCUT2D eigenvalue weighted by Gasteiger charge is 2.28. The molecule has 26 heavy (non-hydrogen) atoms. The molecule has 2 saturated heterocycles. The van der Waals surface area contributed by atoms with E-state index in [4.69, 9.17) is 0 Å². The molecule has 0 spiro atoms. The zero-order chi connectivity index (χ0) is 18.9. The average Bonchev–Trinajstić information content (AvgIpc) is 2.62. The third kappa shape index (κ3) is 7.70. The number of piperidine rings is 2. The molecule has 2 fully saturated rings. The Morgan fingerprint density at radius 2 is 1.73 bits per heavy atom. The highest BCUT2D eigenvalue weighted by molar-refractivity contribution is 4.93. The Labute approximate surface area is 163 Å². The van der Waals surface area contributed by atoms with E-state index in [1.807, 2.05) is 0 Å². The molecule has 2 rings (SSSR count). The van der Waals surface area contributed by atoms with Gasteiger partial charge < -0.3 is 14.7 Å². The van der Waals surface area contributed by atoms with Gasteiger partial charge in [-0.1, -0.05) is 25.5 Å². The molecule has 0 N–H and O–H groups in total. The van der Waals surface area contributed by atoms with Crippen molar-refractivity contribution in [2.75, 3.05) is 52.9 Å². The summed E-state index contributed by atoms with van der Waals surface area (Å²) in [7, 11) is 2.27. The van der Waals surface area contributed by atoms with Crippen molar-refractivity contribution in [1.82, 2.24) is 14.7 Å². The van der Waals surface area contributed by atoms with Crippen LogP contribution in [0.5, 0.6) is 0 Å². The standard InChI is InChI=1S/C23H45N3/c1-6-25(18-21(4)9-7-8-20(2)3)19-22-10-16-26(17-11-22)23-12-14-24(5)15-13-23/h8,21-23H,6-7,9-19H2,1-5H3/t21-/m0/s1. The molecular formula is C23H45N3. The summed E-state index contributed by atoms with van der Waals surface area (Å²) in [5, 5.41) is 0. The Bertz CT molecular complexity index is 400. The molecule has 0 amide bonds. The van der Waals surface area contributed by atoms with E-state index in [1.165, 1.54) is 89.9 Å². The van der Waals surface area contributed by atoms with Crippen molar-refractivity contribution >= 4 is 0 Å². The zero-order valence-electron chi connectivity index (χ0n) is 18.3. The smallest absolute Gasteiger partial charge is 0.0120 e. The number of nitrogens with zero attached hydrogens (tertiary/aromatic N) is 3. The van der Waals surface area contributed by atoms with Gasteiger partial charge >= 0.3 is 0 Å². The number of rotatable bonds is 9. The fraction of sp³-hybridized carbons (Fsp3) is 0.913. The summed E-state index contributed by atoms with van der Waals surface area (Å²) in [6.45, 7) is 18.3. The molecule has 0 aliphatic carbocycles. The predicted octanol–water partition coefficient (Wildman–Crippen LogP) is 4.50. The van der Waals surface area contributed by atoms with Crippen LogP contribution >= 0.6 is 0 Å². The molecule has 2 aliphatic heterocycles. The topological polar surface area (TPSA) is 9.72 Å². The van der Waals surface area contributed by atoms with Gasteiger partial charge in [0.15, 0.2) is 0 Å². The van der Waals surface area contributed by atoms with E-state index >= 15 is 0 Å². The lowest BCUT2D eigenvalue weighted by Gasteiger charge is -2.42. The molecular weight excluding hydrogens is 318 g/mol. The summed E-state index contributed by atoms with van der Waals surface area (Å²) >= 11 is 0. The van der Waals surface area contributed by atoms with Crippen molar-refractivity contribution in [2.24, 2.45) is 11.8 Å². The van der Waals surface area contributed by atoms with Crippen LogP contribution in [0.3, 0.4) is 0 Å². The second-order valence-electron chi connectivity index (χ2n) is 9.33. The molecule has 0 saturated carbocycles. The Balaban J connectivity index is 1.67. The van der Waals surface area contributed by atoms with E-state index in [1.54, 1.807) is 0 Å². The first-order chi connectivity index (χ1) is 12.5. The van der Waals surface area contributed by atoms with Crippen LogP contribution in [0, 0.1) is 11.8 Å². The van der Waals surface area contributed by atoms with Gasteiger partial charge in [-0.2, -0.15) is 0 Å². The fourth-order valence-electron chi connectivity index (χ4n) is 4.75. The van der Waals surface area contributed by atoms with Crippen molar-refractivity contribution in [1.29, 1.82) is 0 Å². The van der Waals surface area contributed by atoms with Crippen molar-refractivity contribution in [3.8, 4) is 0 Å². The average molecular weight is 364 g/mol. The molecule has 2 aliphatic rings. The Morgan fingerprint density at radius 1 is 1.08 bits per heavy atom. The largest absolute Gasteiger partial charge is 0.306 e. The van der Waals surface area contributed by atoms with Gasteiger partial charge in [0.25, 0.3) is 0 Å². The Hall–Kier alpha value is -0.380. The summed E-state index contributed by atoms with van der Waals surface area (Å²) in [5.74, 6) is 1.73. The minimum absolute atomic E-state index is 0.810. The number of hydrogen-bond acceptors (Lipinski definition) is 3. The highest BCUT2D eigenvalue weighted by atomic mass is 15.2. The normalized spacial score (nSPS) is 22.7. The van der Waals surface area contributed by atoms with Crippen LogP contribution in [-0.2, 0) is 0 Å². The minimum Gasteiger partial charge on any atom is -0.306 e. The zero-order valence-corrected chi connectivity index (χ0v) is 18.3. The molecule has 3 nitrogen and oxygen atoms in total. The fourth-order valence-corrected chi connectivity index (χ4v) is 4.75. The lowest BCUT2D eigenvalue weighted by atomic mass is 9.92. The second-order valence-corrected chi connectivity index (χ2v) is 9.33. The maximum atomic E-state index is 2.81. The Kier molecular flexibility index (Phi) is 9.66. The van der Waals surface area contributed by atoms with Crippen molar-refractivity contribution in [3.63, 3.8) is 0 Å². The van der Waals surface area contributed by atoms with Crippen LogP contribution in [-0.4, -0.2) is 73.6 Å². The van der Waals surface area contributed by atoms with Crippen LogP contribution < -0.4 is 0 Å². The third-order valence-corrected chi connectivity index (χ3v) is 6.60. The number of likely N-dealkylation sites (tertiary alicyclic amines) is 2. The molecule has 1 atom stereocenters. The minimum atomic E-state index is 0.810. The van der Waals surface area contributed by atoms with Gasteiger partial charge in [-0.15, -0.1) is 0 Å². The molecule has 0 aromatic carbocycles. The molecule has 0 radical (unpaired) electrons. The maximum absolute atomic E-state index is 2.81. The van der Waals surface area contributed by atoms with Crippen LogP contribution in [0.2, 0.25) is 0 Å². The van der Waals surface area contributed by atoms with E-state index < -0.39 is 0 Å². The van der Waals surface area contributed by atoms with Gasteiger partial charge in [-0.25, -0.2) is 0 Å². The molecule has 0 aromatic rings. The SMILES string of the molecule is CCN(CC1CCN(C2CCN(C)CC2)CC1)C[C@@H](C)CCC=C(C)C.